The summed E-state index contributed by atoms with van der Waals surface area (Å²) in [5, 5.41) is 5.86. The van der Waals surface area contributed by atoms with Gasteiger partial charge in [0.1, 0.15) is 0 Å². The molecular formula is C21H23FN4O3. The van der Waals surface area contributed by atoms with Gasteiger partial charge in [-0.15, -0.1) is 0 Å². The van der Waals surface area contributed by atoms with Crippen molar-refractivity contribution in [2.24, 2.45) is 5.92 Å². The van der Waals surface area contributed by atoms with E-state index in [4.69, 9.17) is 4.74 Å². The number of carbonyl (C=O) groups excluding carboxylic acids is 1. The largest absolute Gasteiger partial charge is 0.490 e. The Morgan fingerprint density at radius 3 is 2.76 bits per heavy atom. The van der Waals surface area contributed by atoms with Gasteiger partial charge in [-0.3, -0.25) is 4.79 Å². The van der Waals surface area contributed by atoms with Gasteiger partial charge in [-0.25, -0.2) is 9.18 Å². The first-order valence-electron chi connectivity index (χ1n) is 9.65. The molecule has 1 aliphatic carbocycles. The zero-order chi connectivity index (χ0) is 20.4. The highest BCUT2D eigenvalue weighted by molar-refractivity contribution is 5.94. The fourth-order valence-corrected chi connectivity index (χ4v) is 3.07. The Labute approximate surface area is 166 Å². The monoisotopic (exact) mass is 398 g/mol. The zero-order valence-electron chi connectivity index (χ0n) is 16.0. The Bertz CT molecular complexity index is 1090. The molecule has 4 rings (SSSR count). The van der Waals surface area contributed by atoms with Crippen molar-refractivity contribution < 1.29 is 13.9 Å². The third kappa shape index (κ3) is 4.83. The Hall–Kier alpha value is -3.13. The molecule has 1 aromatic heterocycles. The van der Waals surface area contributed by atoms with Crippen LogP contribution < -0.4 is 21.1 Å². The molecule has 1 heterocycles. The smallest absolute Gasteiger partial charge is 0.323 e. The highest BCUT2D eigenvalue weighted by Gasteiger charge is 2.22. The Morgan fingerprint density at radius 1 is 1.21 bits per heavy atom. The second-order valence-electron chi connectivity index (χ2n) is 7.43. The first-order chi connectivity index (χ1) is 14.0. The summed E-state index contributed by atoms with van der Waals surface area (Å²) in [6, 6.07) is 9.78. The number of carbonyl (C=O) groups is 1. The number of benzene rings is 2. The summed E-state index contributed by atoms with van der Waals surface area (Å²) < 4.78 is 19.7. The summed E-state index contributed by atoms with van der Waals surface area (Å²) in [6.07, 6.45) is 2.30. The molecule has 4 N–H and O–H groups in total. The van der Waals surface area contributed by atoms with Gasteiger partial charge in [-0.2, -0.15) is 0 Å². The SMILES string of the molecule is CC(NCC(=O)Nc1ccc2[nH]c(=O)[nH]c2c1)c1ccc(OCC2CC2)c(F)c1. The quantitative estimate of drug-likeness (QED) is 0.469. The minimum absolute atomic E-state index is 0.0599. The van der Waals surface area contributed by atoms with Crippen molar-refractivity contribution in [1.82, 2.24) is 15.3 Å². The molecule has 0 aliphatic heterocycles. The minimum Gasteiger partial charge on any atom is -0.490 e. The average Bonchev–Trinajstić information content (AvgIpc) is 3.44. The highest BCUT2D eigenvalue weighted by Crippen LogP contribution is 2.30. The number of amides is 1. The second kappa shape index (κ2) is 8.08. The van der Waals surface area contributed by atoms with Gasteiger partial charge in [0.05, 0.1) is 24.2 Å². The topological polar surface area (TPSA) is 99.0 Å². The van der Waals surface area contributed by atoms with Crippen LogP contribution in [-0.2, 0) is 4.79 Å². The summed E-state index contributed by atoms with van der Waals surface area (Å²) in [4.78, 5) is 28.8. The van der Waals surface area contributed by atoms with E-state index < -0.39 is 5.82 Å². The van der Waals surface area contributed by atoms with Crippen molar-refractivity contribution >= 4 is 22.6 Å². The van der Waals surface area contributed by atoms with E-state index in [2.05, 4.69) is 20.6 Å². The lowest BCUT2D eigenvalue weighted by Gasteiger charge is -2.15. The number of aromatic amines is 2. The fraction of sp³-hybridized carbons (Fsp3) is 0.333. The van der Waals surface area contributed by atoms with Gasteiger partial charge in [0.2, 0.25) is 5.91 Å². The van der Waals surface area contributed by atoms with Gasteiger partial charge in [-0.05, 0) is 61.6 Å². The van der Waals surface area contributed by atoms with Crippen LogP contribution in [0.3, 0.4) is 0 Å². The Morgan fingerprint density at radius 2 is 2.00 bits per heavy atom. The van der Waals surface area contributed by atoms with Gasteiger partial charge in [0.25, 0.3) is 0 Å². The molecule has 0 spiro atoms. The zero-order valence-corrected chi connectivity index (χ0v) is 16.0. The van der Waals surface area contributed by atoms with Crippen LogP contribution in [0.2, 0.25) is 0 Å². The van der Waals surface area contributed by atoms with Crippen LogP contribution in [0.4, 0.5) is 10.1 Å². The maximum atomic E-state index is 14.2. The first kappa shape index (κ1) is 19.2. The number of rotatable bonds is 8. The van der Waals surface area contributed by atoms with Crippen LogP contribution in [0, 0.1) is 11.7 Å². The number of halogens is 1. The molecule has 152 valence electrons. The van der Waals surface area contributed by atoms with Crippen LogP contribution >= 0.6 is 0 Å². The van der Waals surface area contributed by atoms with E-state index in [1.807, 2.05) is 6.92 Å². The molecule has 3 aromatic rings. The normalized spacial score (nSPS) is 14.7. The maximum absolute atomic E-state index is 14.2. The van der Waals surface area contributed by atoms with E-state index in [1.54, 1.807) is 30.3 Å². The Balaban J connectivity index is 1.30. The molecule has 0 radical (unpaired) electrons. The molecular weight excluding hydrogens is 375 g/mol. The number of imidazole rings is 1. The predicted octanol–water partition coefficient (Wildman–Crippen LogP) is 3.07. The highest BCUT2D eigenvalue weighted by atomic mass is 19.1. The summed E-state index contributed by atoms with van der Waals surface area (Å²) in [6.45, 7) is 2.49. The van der Waals surface area contributed by atoms with E-state index in [-0.39, 0.29) is 29.9 Å². The van der Waals surface area contributed by atoms with Crippen LogP contribution in [-0.4, -0.2) is 29.0 Å². The molecule has 1 amide bonds. The van der Waals surface area contributed by atoms with Crippen molar-refractivity contribution in [2.75, 3.05) is 18.5 Å². The number of ether oxygens (including phenoxy) is 1. The van der Waals surface area contributed by atoms with Crippen molar-refractivity contribution in [3.05, 3.63) is 58.3 Å². The number of H-pyrrole nitrogens is 2. The molecule has 1 unspecified atom stereocenters. The number of nitrogens with one attached hydrogen (secondary N) is 4. The van der Waals surface area contributed by atoms with Gasteiger partial charge >= 0.3 is 5.69 Å². The number of fused-ring (bicyclic) bond motifs is 1. The van der Waals surface area contributed by atoms with Crippen molar-refractivity contribution in [3.8, 4) is 5.75 Å². The molecule has 1 atom stereocenters. The van der Waals surface area contributed by atoms with Crippen LogP contribution in [0.15, 0.2) is 41.2 Å². The minimum atomic E-state index is -0.393. The molecule has 0 bridgehead atoms. The third-order valence-electron chi connectivity index (χ3n) is 5.00. The lowest BCUT2D eigenvalue weighted by molar-refractivity contribution is -0.115. The molecule has 1 aliphatic rings. The number of aromatic nitrogens is 2. The van der Waals surface area contributed by atoms with E-state index in [0.29, 0.717) is 29.2 Å². The molecule has 1 saturated carbocycles. The van der Waals surface area contributed by atoms with Crippen LogP contribution in [0.5, 0.6) is 5.75 Å². The van der Waals surface area contributed by atoms with Gasteiger partial charge < -0.3 is 25.3 Å². The van der Waals surface area contributed by atoms with Crippen molar-refractivity contribution in [2.45, 2.75) is 25.8 Å². The maximum Gasteiger partial charge on any atom is 0.323 e. The molecule has 29 heavy (non-hydrogen) atoms. The van der Waals surface area contributed by atoms with Gasteiger partial charge in [0.15, 0.2) is 11.6 Å². The molecule has 7 nitrogen and oxygen atoms in total. The van der Waals surface area contributed by atoms with Crippen molar-refractivity contribution in [3.63, 3.8) is 0 Å². The molecule has 2 aromatic carbocycles. The predicted molar refractivity (Wildman–Crippen MR) is 109 cm³/mol. The summed E-state index contributed by atoms with van der Waals surface area (Å²) >= 11 is 0. The van der Waals surface area contributed by atoms with E-state index in [1.165, 1.54) is 6.07 Å². The Kier molecular flexibility index (Phi) is 5.35. The van der Waals surface area contributed by atoms with Crippen LogP contribution in [0.1, 0.15) is 31.4 Å². The molecule has 8 heteroatoms. The summed E-state index contributed by atoms with van der Waals surface area (Å²) in [5.74, 6) is 0.198. The molecule has 0 saturated heterocycles. The van der Waals surface area contributed by atoms with Crippen LogP contribution in [0.25, 0.3) is 11.0 Å². The van der Waals surface area contributed by atoms with Gasteiger partial charge in [0, 0.05) is 11.7 Å². The third-order valence-corrected chi connectivity index (χ3v) is 5.00. The molecule has 1 fully saturated rings. The summed E-state index contributed by atoms with van der Waals surface area (Å²) in [7, 11) is 0. The van der Waals surface area contributed by atoms with E-state index in [0.717, 1.165) is 18.4 Å². The number of anilines is 1. The second-order valence-corrected chi connectivity index (χ2v) is 7.43. The van der Waals surface area contributed by atoms with E-state index >= 15 is 0 Å². The lowest BCUT2D eigenvalue weighted by Crippen LogP contribution is -2.30. The van der Waals surface area contributed by atoms with E-state index in [9.17, 15) is 14.0 Å². The van der Waals surface area contributed by atoms with Crippen molar-refractivity contribution in [1.29, 1.82) is 0 Å². The first-order valence-corrected chi connectivity index (χ1v) is 9.65. The average molecular weight is 398 g/mol. The van der Waals surface area contributed by atoms with Gasteiger partial charge in [-0.1, -0.05) is 6.07 Å². The fourth-order valence-electron chi connectivity index (χ4n) is 3.07. The summed E-state index contributed by atoms with van der Waals surface area (Å²) in [5.41, 5.74) is 2.31. The number of hydrogen-bond acceptors (Lipinski definition) is 4. The standard InChI is InChI=1S/C21H23FN4O3/c1-12(14-4-7-19(16(22)8-14)29-11-13-2-3-13)23-10-20(27)24-15-5-6-17-18(9-15)26-21(28)25-17/h4-9,12-13,23H,2-3,10-11H2,1H3,(H,24,27)(H2,25,26,28). The lowest BCUT2D eigenvalue weighted by atomic mass is 10.1. The number of hydrogen-bond donors (Lipinski definition) is 4.